The third-order valence-electron chi connectivity index (χ3n) is 5.80. The van der Waals surface area contributed by atoms with Crippen LogP contribution in [-0.4, -0.2) is 50.5 Å². The molecule has 1 aromatic heterocycles. The summed E-state index contributed by atoms with van der Waals surface area (Å²) in [6.45, 7) is 4.29. The highest BCUT2D eigenvalue weighted by atomic mass is 32.2. The zero-order valence-corrected chi connectivity index (χ0v) is 19.0. The zero-order chi connectivity index (χ0) is 21.8. The fourth-order valence-electron chi connectivity index (χ4n) is 4.21. The van der Waals surface area contributed by atoms with Gasteiger partial charge in [0.05, 0.1) is 12.9 Å². The van der Waals surface area contributed by atoms with Crippen LogP contribution >= 0.6 is 11.8 Å². The number of hydrogen-bond acceptors (Lipinski definition) is 5. The number of thioether (sulfide) groups is 1. The number of nitrogens with zero attached hydrogens (tertiary/aromatic N) is 4. The van der Waals surface area contributed by atoms with E-state index in [0.29, 0.717) is 23.0 Å². The number of carbonyl (C=O) groups is 1. The normalized spacial score (nSPS) is 18.7. The van der Waals surface area contributed by atoms with E-state index in [9.17, 15) is 4.79 Å². The van der Waals surface area contributed by atoms with Crippen molar-refractivity contribution in [3.63, 3.8) is 0 Å². The van der Waals surface area contributed by atoms with Crippen LogP contribution in [0.2, 0.25) is 0 Å². The molecule has 1 fully saturated rings. The van der Waals surface area contributed by atoms with Crippen LogP contribution in [0.5, 0.6) is 5.75 Å². The Morgan fingerprint density at radius 1 is 1.03 bits per heavy atom. The first-order valence-corrected chi connectivity index (χ1v) is 11.7. The van der Waals surface area contributed by atoms with E-state index in [-0.39, 0.29) is 5.91 Å². The summed E-state index contributed by atoms with van der Waals surface area (Å²) in [6.07, 6.45) is 3.33. The zero-order valence-electron chi connectivity index (χ0n) is 18.2. The second-order valence-electron chi connectivity index (χ2n) is 7.92. The molecule has 4 rings (SSSR count). The first-order valence-electron chi connectivity index (χ1n) is 10.7. The minimum Gasteiger partial charge on any atom is -0.497 e. The van der Waals surface area contributed by atoms with Gasteiger partial charge < -0.3 is 9.64 Å². The quantitative estimate of drug-likeness (QED) is 0.518. The number of aromatic nitrogens is 3. The van der Waals surface area contributed by atoms with Crippen molar-refractivity contribution in [1.29, 1.82) is 0 Å². The Hall–Kier alpha value is -2.80. The molecule has 2 aromatic carbocycles. The Labute approximate surface area is 187 Å². The summed E-state index contributed by atoms with van der Waals surface area (Å²) in [7, 11) is 1.65. The molecule has 2 unspecified atom stereocenters. The lowest BCUT2D eigenvalue weighted by Crippen LogP contribution is -2.48. The third kappa shape index (κ3) is 4.61. The van der Waals surface area contributed by atoms with Gasteiger partial charge in [-0.05, 0) is 69.5 Å². The van der Waals surface area contributed by atoms with Crippen LogP contribution in [0.25, 0.3) is 17.1 Å². The van der Waals surface area contributed by atoms with Gasteiger partial charge in [-0.15, -0.1) is 10.2 Å². The molecule has 0 N–H and O–H groups in total. The summed E-state index contributed by atoms with van der Waals surface area (Å²) < 4.78 is 7.29. The van der Waals surface area contributed by atoms with E-state index in [1.807, 2.05) is 64.1 Å². The van der Waals surface area contributed by atoms with Crippen molar-refractivity contribution in [1.82, 2.24) is 19.7 Å². The maximum atomic E-state index is 13.0. The highest BCUT2D eigenvalue weighted by Gasteiger charge is 2.29. The number of hydrogen-bond donors (Lipinski definition) is 0. The second kappa shape index (κ2) is 9.56. The van der Waals surface area contributed by atoms with Crippen LogP contribution in [0.3, 0.4) is 0 Å². The van der Waals surface area contributed by atoms with Crippen molar-refractivity contribution in [2.45, 2.75) is 50.4 Å². The Bertz CT molecular complexity index is 1010. The first kappa shape index (κ1) is 21.4. The summed E-state index contributed by atoms with van der Waals surface area (Å²) in [6, 6.07) is 18.4. The molecule has 1 aliphatic heterocycles. The fraction of sp³-hybridized carbons (Fsp3) is 0.375. The van der Waals surface area contributed by atoms with Gasteiger partial charge in [-0.2, -0.15) is 0 Å². The van der Waals surface area contributed by atoms with Crippen LogP contribution in [-0.2, 0) is 4.79 Å². The Morgan fingerprint density at radius 2 is 1.71 bits per heavy atom. The predicted octanol–water partition coefficient (Wildman–Crippen LogP) is 4.82. The van der Waals surface area contributed by atoms with Crippen molar-refractivity contribution in [3.8, 4) is 22.8 Å². The number of carbonyl (C=O) groups excluding carboxylic acids is 1. The third-order valence-corrected chi connectivity index (χ3v) is 6.72. The molecule has 3 aromatic rings. The second-order valence-corrected chi connectivity index (χ2v) is 8.87. The van der Waals surface area contributed by atoms with Gasteiger partial charge in [0.15, 0.2) is 11.0 Å². The number of methoxy groups -OCH3 is 1. The smallest absolute Gasteiger partial charge is 0.233 e. The molecule has 0 saturated carbocycles. The van der Waals surface area contributed by atoms with Crippen LogP contribution in [0.15, 0.2) is 59.8 Å². The topological polar surface area (TPSA) is 60.3 Å². The molecule has 6 nitrogen and oxygen atoms in total. The molecule has 1 amide bonds. The van der Waals surface area contributed by atoms with E-state index in [4.69, 9.17) is 4.74 Å². The fourth-order valence-corrected chi connectivity index (χ4v) is 5.04. The molecule has 31 heavy (non-hydrogen) atoms. The molecule has 1 aliphatic rings. The average Bonchev–Trinajstić information content (AvgIpc) is 3.22. The van der Waals surface area contributed by atoms with E-state index in [0.717, 1.165) is 35.7 Å². The van der Waals surface area contributed by atoms with Gasteiger partial charge in [-0.1, -0.05) is 30.0 Å². The lowest BCUT2D eigenvalue weighted by Gasteiger charge is -2.39. The van der Waals surface area contributed by atoms with Gasteiger partial charge in [0.2, 0.25) is 5.91 Å². The molecule has 0 radical (unpaired) electrons. The van der Waals surface area contributed by atoms with Gasteiger partial charge in [0.25, 0.3) is 0 Å². The van der Waals surface area contributed by atoms with Crippen molar-refractivity contribution < 1.29 is 9.53 Å². The van der Waals surface area contributed by atoms with Gasteiger partial charge >= 0.3 is 0 Å². The average molecular weight is 437 g/mol. The van der Waals surface area contributed by atoms with Crippen LogP contribution in [0, 0.1) is 0 Å². The summed E-state index contributed by atoms with van der Waals surface area (Å²) in [5, 5.41) is 9.62. The van der Waals surface area contributed by atoms with Crippen molar-refractivity contribution in [2.24, 2.45) is 0 Å². The molecule has 0 aliphatic carbocycles. The Kier molecular flexibility index (Phi) is 6.61. The lowest BCUT2D eigenvalue weighted by atomic mass is 9.98. The van der Waals surface area contributed by atoms with E-state index in [1.165, 1.54) is 18.2 Å². The van der Waals surface area contributed by atoms with Gasteiger partial charge in [-0.3, -0.25) is 9.36 Å². The highest BCUT2D eigenvalue weighted by Crippen LogP contribution is 2.30. The molecule has 2 heterocycles. The summed E-state index contributed by atoms with van der Waals surface area (Å²) in [5.41, 5.74) is 1.90. The van der Waals surface area contributed by atoms with Crippen LogP contribution < -0.4 is 4.74 Å². The number of piperidine rings is 1. The molecule has 7 heteroatoms. The molecular formula is C24H28N4O2S. The molecule has 1 saturated heterocycles. The van der Waals surface area contributed by atoms with Gasteiger partial charge in [0, 0.05) is 23.3 Å². The van der Waals surface area contributed by atoms with Crippen LogP contribution in [0.4, 0.5) is 0 Å². The monoisotopic (exact) mass is 436 g/mol. The van der Waals surface area contributed by atoms with Crippen molar-refractivity contribution in [2.75, 3.05) is 12.9 Å². The molecule has 2 atom stereocenters. The predicted molar refractivity (Wildman–Crippen MR) is 124 cm³/mol. The summed E-state index contributed by atoms with van der Waals surface area (Å²) >= 11 is 1.44. The largest absolute Gasteiger partial charge is 0.497 e. The standard InChI is InChI=1S/C24H28N4O2S/c1-17-8-7-9-18(2)27(17)22(29)16-31-24-26-25-23(19-12-14-21(30-3)15-13-19)28(24)20-10-5-4-6-11-20/h4-6,10-15,17-18H,7-9,16H2,1-3H3. The minimum atomic E-state index is 0.165. The molecular weight excluding hydrogens is 408 g/mol. The van der Waals surface area contributed by atoms with Crippen LogP contribution in [0.1, 0.15) is 33.1 Å². The summed E-state index contributed by atoms with van der Waals surface area (Å²) in [5.74, 6) is 2.05. The Balaban J connectivity index is 1.61. The van der Waals surface area contributed by atoms with E-state index in [1.54, 1.807) is 7.11 Å². The molecule has 0 bridgehead atoms. The van der Waals surface area contributed by atoms with Crippen molar-refractivity contribution >= 4 is 17.7 Å². The lowest BCUT2D eigenvalue weighted by molar-refractivity contribution is -0.134. The van der Waals surface area contributed by atoms with Crippen molar-refractivity contribution in [3.05, 3.63) is 54.6 Å². The number of rotatable bonds is 6. The maximum absolute atomic E-state index is 13.0. The minimum absolute atomic E-state index is 0.165. The maximum Gasteiger partial charge on any atom is 0.233 e. The summed E-state index contributed by atoms with van der Waals surface area (Å²) in [4.78, 5) is 15.1. The molecule has 0 spiro atoms. The van der Waals surface area contributed by atoms with E-state index < -0.39 is 0 Å². The Morgan fingerprint density at radius 3 is 2.35 bits per heavy atom. The van der Waals surface area contributed by atoms with E-state index in [2.05, 4.69) is 24.0 Å². The number of amides is 1. The number of para-hydroxylation sites is 1. The molecule has 162 valence electrons. The van der Waals surface area contributed by atoms with Gasteiger partial charge in [0.1, 0.15) is 5.75 Å². The highest BCUT2D eigenvalue weighted by molar-refractivity contribution is 7.99. The first-order chi connectivity index (χ1) is 15.1. The number of benzene rings is 2. The van der Waals surface area contributed by atoms with Gasteiger partial charge in [-0.25, -0.2) is 0 Å². The van der Waals surface area contributed by atoms with E-state index >= 15 is 0 Å². The SMILES string of the molecule is COc1ccc(-c2nnc(SCC(=O)N3C(C)CCCC3C)n2-c2ccccc2)cc1. The number of likely N-dealkylation sites (tertiary alicyclic amines) is 1. The number of ether oxygens (including phenoxy) is 1.